The summed E-state index contributed by atoms with van der Waals surface area (Å²) in [6, 6.07) is 39.4. The van der Waals surface area contributed by atoms with Crippen molar-refractivity contribution in [3.8, 4) is 45.3 Å². The number of rotatable bonds is 4. The van der Waals surface area contributed by atoms with Crippen LogP contribution in [-0.2, 0) is 0 Å². The normalized spacial score (nSPS) is 15.0. The lowest BCUT2D eigenvalue weighted by Gasteiger charge is -2.23. The van der Waals surface area contributed by atoms with Gasteiger partial charge in [-0.1, -0.05) is 127 Å². The quantitative estimate of drug-likeness (QED) is 0.225. The molecule has 0 bridgehead atoms. The molecule has 1 atom stereocenters. The van der Waals surface area contributed by atoms with Crippen LogP contribution in [0.1, 0.15) is 5.56 Å². The summed E-state index contributed by atoms with van der Waals surface area (Å²) in [4.78, 5) is 14.9. The zero-order chi connectivity index (χ0) is 29.7. The number of furan rings is 1. The van der Waals surface area contributed by atoms with Crippen LogP contribution in [0.4, 0.5) is 5.88 Å². The molecule has 1 unspecified atom stereocenters. The van der Waals surface area contributed by atoms with E-state index in [-0.39, 0.29) is 6.04 Å². The number of allylic oxidation sites excluding steroid dienone is 2. The first-order chi connectivity index (χ1) is 22.3. The lowest BCUT2D eigenvalue weighted by molar-refractivity contribution is 0.622. The minimum Gasteiger partial charge on any atom is -0.440 e. The monoisotopic (exact) mass is 578 g/mol. The van der Waals surface area contributed by atoms with Crippen molar-refractivity contribution in [2.24, 2.45) is 0 Å². The van der Waals surface area contributed by atoms with E-state index in [1.165, 1.54) is 5.57 Å². The first-order valence-corrected chi connectivity index (χ1v) is 15.1. The number of fused-ring (bicyclic) bond motifs is 5. The van der Waals surface area contributed by atoms with Crippen LogP contribution in [0.15, 0.2) is 150 Å². The summed E-state index contributed by atoms with van der Waals surface area (Å²) in [6.45, 7) is 0. The van der Waals surface area contributed by atoms with Gasteiger partial charge < -0.3 is 9.73 Å². The fourth-order valence-corrected chi connectivity index (χ4v) is 6.43. The lowest BCUT2D eigenvalue weighted by atomic mass is 9.90. The number of nitrogens with one attached hydrogen (secondary N) is 1. The average Bonchev–Trinajstić information content (AvgIpc) is 3.48. The van der Waals surface area contributed by atoms with Gasteiger partial charge in [0.05, 0.1) is 6.04 Å². The Morgan fingerprint density at radius 1 is 0.556 bits per heavy atom. The molecule has 1 aliphatic carbocycles. The van der Waals surface area contributed by atoms with Crippen LogP contribution in [0, 0.1) is 0 Å². The van der Waals surface area contributed by atoms with Crippen LogP contribution in [0.5, 0.6) is 0 Å². The molecule has 5 aromatic carbocycles. The van der Waals surface area contributed by atoms with Gasteiger partial charge in [-0.05, 0) is 45.7 Å². The molecule has 5 nitrogen and oxygen atoms in total. The summed E-state index contributed by atoms with van der Waals surface area (Å²) < 4.78 is 6.38. The van der Waals surface area contributed by atoms with Gasteiger partial charge in [-0.3, -0.25) is 0 Å². The molecule has 0 radical (unpaired) electrons. The van der Waals surface area contributed by atoms with Gasteiger partial charge in [0.1, 0.15) is 5.58 Å². The zero-order valence-corrected chi connectivity index (χ0v) is 24.2. The first kappa shape index (κ1) is 25.4. The van der Waals surface area contributed by atoms with Crippen LogP contribution in [0.25, 0.3) is 73.1 Å². The minimum absolute atomic E-state index is 0.119. The van der Waals surface area contributed by atoms with E-state index in [1.807, 2.05) is 66.7 Å². The summed E-state index contributed by atoms with van der Waals surface area (Å²) in [5, 5.41) is 6.87. The second-order valence-corrected chi connectivity index (χ2v) is 11.3. The molecule has 0 amide bonds. The summed E-state index contributed by atoms with van der Waals surface area (Å²) in [5.41, 5.74) is 8.27. The van der Waals surface area contributed by atoms with Gasteiger partial charge in [0.2, 0.25) is 5.88 Å². The van der Waals surface area contributed by atoms with Crippen LogP contribution in [-0.4, -0.2) is 21.0 Å². The molecule has 5 heteroatoms. The van der Waals surface area contributed by atoms with Crippen molar-refractivity contribution >= 4 is 33.7 Å². The highest BCUT2D eigenvalue weighted by molar-refractivity contribution is 6.11. The van der Waals surface area contributed by atoms with E-state index in [0.29, 0.717) is 17.5 Å². The molecular formula is C40H26N4O. The third-order valence-electron chi connectivity index (χ3n) is 8.57. The smallest absolute Gasteiger partial charge is 0.202 e. The van der Waals surface area contributed by atoms with Crippen LogP contribution < -0.4 is 5.32 Å². The number of anilines is 1. The van der Waals surface area contributed by atoms with E-state index >= 15 is 0 Å². The molecule has 2 aliphatic rings. The van der Waals surface area contributed by atoms with Gasteiger partial charge in [0, 0.05) is 27.6 Å². The van der Waals surface area contributed by atoms with Gasteiger partial charge in [-0.2, -0.15) is 0 Å². The third kappa shape index (κ3) is 4.28. The largest absolute Gasteiger partial charge is 0.440 e. The van der Waals surface area contributed by atoms with Crippen molar-refractivity contribution in [2.75, 3.05) is 5.32 Å². The first-order valence-electron chi connectivity index (χ1n) is 15.1. The average molecular weight is 579 g/mol. The molecular weight excluding hydrogens is 552 g/mol. The summed E-state index contributed by atoms with van der Waals surface area (Å²) in [7, 11) is 0. The second kappa shape index (κ2) is 10.3. The highest BCUT2D eigenvalue weighted by Crippen LogP contribution is 2.44. The number of benzene rings is 5. The fourth-order valence-electron chi connectivity index (χ4n) is 6.43. The standard InChI is InChI=1S/C40H26N4O/c1-3-12-25(13-4-1)37-42-38(26-14-5-2-6-15-26)44-39(43-37)32-23-22-30(28-17-8-9-18-29(28)32)31-19-11-21-35-36(31)33-24-27-16-7-10-20-34(27)41-40(33)45-35/h1-24,34,41H. The van der Waals surface area contributed by atoms with Crippen LogP contribution in [0.3, 0.4) is 0 Å². The molecule has 0 spiro atoms. The SMILES string of the molecule is C1=CC2=Cc3c(oc4cccc(-c5ccc(-c6nc(-c7ccccc7)nc(-c7ccccc7)n6)c6ccccc56)c34)NC2C=C1. The van der Waals surface area contributed by atoms with Crippen molar-refractivity contribution < 1.29 is 4.42 Å². The Balaban J connectivity index is 1.25. The van der Waals surface area contributed by atoms with Gasteiger partial charge in [0.15, 0.2) is 17.5 Å². The molecule has 45 heavy (non-hydrogen) atoms. The van der Waals surface area contributed by atoms with Gasteiger partial charge >= 0.3 is 0 Å². The number of hydrogen-bond acceptors (Lipinski definition) is 5. The van der Waals surface area contributed by atoms with Gasteiger partial charge in [-0.25, -0.2) is 15.0 Å². The number of hydrogen-bond donors (Lipinski definition) is 1. The summed E-state index contributed by atoms with van der Waals surface area (Å²) in [5.74, 6) is 2.74. The van der Waals surface area contributed by atoms with Crippen molar-refractivity contribution in [3.63, 3.8) is 0 Å². The molecule has 1 N–H and O–H groups in total. The van der Waals surface area contributed by atoms with Crippen molar-refractivity contribution in [1.82, 2.24) is 15.0 Å². The molecule has 0 fully saturated rings. The molecule has 0 saturated heterocycles. The molecule has 2 aromatic heterocycles. The predicted molar refractivity (Wildman–Crippen MR) is 183 cm³/mol. The van der Waals surface area contributed by atoms with E-state index in [2.05, 4.69) is 84.2 Å². The Morgan fingerprint density at radius 2 is 1.20 bits per heavy atom. The molecule has 9 rings (SSSR count). The van der Waals surface area contributed by atoms with Crippen LogP contribution >= 0.6 is 0 Å². The highest BCUT2D eigenvalue weighted by Gasteiger charge is 2.26. The highest BCUT2D eigenvalue weighted by atomic mass is 16.4. The Labute approximate surface area is 260 Å². The van der Waals surface area contributed by atoms with E-state index < -0.39 is 0 Å². The maximum atomic E-state index is 6.38. The van der Waals surface area contributed by atoms with Crippen LogP contribution in [0.2, 0.25) is 0 Å². The Bertz CT molecular complexity index is 2290. The number of nitrogens with zero attached hydrogens (tertiary/aromatic N) is 3. The van der Waals surface area contributed by atoms with Crippen molar-refractivity contribution in [1.29, 1.82) is 0 Å². The predicted octanol–water partition coefficient (Wildman–Crippen LogP) is 9.74. The topological polar surface area (TPSA) is 63.8 Å². The number of aromatic nitrogens is 3. The maximum absolute atomic E-state index is 6.38. The van der Waals surface area contributed by atoms with E-state index in [4.69, 9.17) is 19.4 Å². The Morgan fingerprint density at radius 3 is 1.93 bits per heavy atom. The Hall–Kier alpha value is -6.07. The molecule has 3 heterocycles. The third-order valence-corrected chi connectivity index (χ3v) is 8.57. The summed E-state index contributed by atoms with van der Waals surface area (Å²) >= 11 is 0. The molecule has 1 aliphatic heterocycles. The van der Waals surface area contributed by atoms with Crippen molar-refractivity contribution in [3.05, 3.63) is 151 Å². The lowest BCUT2D eigenvalue weighted by Crippen LogP contribution is -2.22. The fraction of sp³-hybridized carbons (Fsp3) is 0.0250. The maximum Gasteiger partial charge on any atom is 0.202 e. The molecule has 7 aromatic rings. The zero-order valence-electron chi connectivity index (χ0n) is 24.2. The molecule has 0 saturated carbocycles. The van der Waals surface area contributed by atoms with Gasteiger partial charge in [0.25, 0.3) is 0 Å². The van der Waals surface area contributed by atoms with E-state index in [9.17, 15) is 0 Å². The van der Waals surface area contributed by atoms with E-state index in [0.717, 1.165) is 61.0 Å². The second-order valence-electron chi connectivity index (χ2n) is 11.3. The Kier molecular flexibility index (Phi) is 5.81. The summed E-state index contributed by atoms with van der Waals surface area (Å²) in [6.07, 6.45) is 10.7. The molecule has 212 valence electrons. The van der Waals surface area contributed by atoms with E-state index in [1.54, 1.807) is 0 Å². The minimum atomic E-state index is 0.119. The van der Waals surface area contributed by atoms with Crippen molar-refractivity contribution in [2.45, 2.75) is 6.04 Å². The van der Waals surface area contributed by atoms with Gasteiger partial charge in [-0.15, -0.1) is 0 Å².